The highest BCUT2D eigenvalue weighted by Crippen LogP contribution is 2.18. The Balaban J connectivity index is 2.39. The Kier molecular flexibility index (Phi) is 4.73. The van der Waals surface area contributed by atoms with Crippen LogP contribution in [-0.2, 0) is 11.2 Å². The zero-order valence-corrected chi connectivity index (χ0v) is 12.7. The third-order valence-corrected chi connectivity index (χ3v) is 3.20. The van der Waals surface area contributed by atoms with Crippen LogP contribution in [0, 0.1) is 0 Å². The molecule has 0 fully saturated rings. The number of hydrogen-bond acceptors (Lipinski definition) is 3. The summed E-state index contributed by atoms with van der Waals surface area (Å²) in [5.41, 5.74) is 1.86. The average molecular weight is 287 g/mol. The van der Waals surface area contributed by atoms with E-state index < -0.39 is 0 Å². The number of nitrogens with zero attached hydrogens (tertiary/aromatic N) is 2. The number of hydrazone groups is 1. The quantitative estimate of drug-likeness (QED) is 0.920. The van der Waals surface area contributed by atoms with E-state index >= 15 is 0 Å². The number of hydrogen-bond donors (Lipinski definition) is 1. The molecule has 5 heteroatoms. The van der Waals surface area contributed by atoms with Gasteiger partial charge in [0.15, 0.2) is 0 Å². The Morgan fingerprint density at radius 3 is 2.76 bits per heavy atom. The molecular formula is C16H21N3O2. The van der Waals surface area contributed by atoms with Gasteiger partial charge in [-0.15, -0.1) is 0 Å². The standard InChI is InChI=1S/C16H21N3O2/c1-4-9-19-16(21)13-8-6-5-7-12(13)10-14(18-19)15(20)17-11(2)3/h5-8,11H,4,9-10H2,1-3H3,(H,17,20). The molecule has 21 heavy (non-hydrogen) atoms. The lowest BCUT2D eigenvalue weighted by Gasteiger charge is -2.16. The molecule has 0 radical (unpaired) electrons. The first-order valence-corrected chi connectivity index (χ1v) is 7.31. The maximum Gasteiger partial charge on any atom is 0.274 e. The molecule has 1 aliphatic rings. The molecule has 0 spiro atoms. The van der Waals surface area contributed by atoms with E-state index in [2.05, 4.69) is 10.4 Å². The third kappa shape index (κ3) is 3.48. The molecule has 1 aliphatic heterocycles. The van der Waals surface area contributed by atoms with E-state index in [1.54, 1.807) is 6.07 Å². The molecule has 112 valence electrons. The van der Waals surface area contributed by atoms with Crippen molar-refractivity contribution in [1.29, 1.82) is 0 Å². The summed E-state index contributed by atoms with van der Waals surface area (Å²) in [5.74, 6) is -0.351. The lowest BCUT2D eigenvalue weighted by atomic mass is 10.0. The number of benzene rings is 1. The normalized spacial score (nSPS) is 14.6. The number of rotatable bonds is 4. The molecule has 1 aromatic carbocycles. The first-order valence-electron chi connectivity index (χ1n) is 7.31. The third-order valence-electron chi connectivity index (χ3n) is 3.20. The molecule has 0 aliphatic carbocycles. The predicted molar refractivity (Wildman–Crippen MR) is 82.2 cm³/mol. The van der Waals surface area contributed by atoms with Gasteiger partial charge in [-0.25, -0.2) is 5.01 Å². The van der Waals surface area contributed by atoms with E-state index in [9.17, 15) is 9.59 Å². The van der Waals surface area contributed by atoms with Crippen molar-refractivity contribution < 1.29 is 9.59 Å². The van der Waals surface area contributed by atoms with Gasteiger partial charge in [0.1, 0.15) is 5.71 Å². The van der Waals surface area contributed by atoms with Gasteiger partial charge in [-0.1, -0.05) is 25.1 Å². The summed E-state index contributed by atoms with van der Waals surface area (Å²) in [6.45, 7) is 6.29. The van der Waals surface area contributed by atoms with E-state index in [0.717, 1.165) is 12.0 Å². The van der Waals surface area contributed by atoms with E-state index in [1.807, 2.05) is 39.0 Å². The van der Waals surface area contributed by atoms with Crippen LogP contribution in [0.1, 0.15) is 43.1 Å². The van der Waals surface area contributed by atoms with Gasteiger partial charge in [-0.05, 0) is 31.9 Å². The minimum atomic E-state index is -0.212. The maximum atomic E-state index is 12.5. The minimum absolute atomic E-state index is 0.0361. The smallest absolute Gasteiger partial charge is 0.274 e. The number of fused-ring (bicyclic) bond motifs is 1. The van der Waals surface area contributed by atoms with Crippen molar-refractivity contribution in [3.05, 3.63) is 35.4 Å². The van der Waals surface area contributed by atoms with Crippen molar-refractivity contribution in [2.75, 3.05) is 6.54 Å². The fraction of sp³-hybridized carbons (Fsp3) is 0.438. The van der Waals surface area contributed by atoms with Gasteiger partial charge in [-0.3, -0.25) is 9.59 Å². The van der Waals surface area contributed by atoms with Crippen LogP contribution in [0.2, 0.25) is 0 Å². The summed E-state index contributed by atoms with van der Waals surface area (Å²) >= 11 is 0. The lowest BCUT2D eigenvalue weighted by Crippen LogP contribution is -2.38. The van der Waals surface area contributed by atoms with Crippen molar-refractivity contribution in [2.24, 2.45) is 5.10 Å². The van der Waals surface area contributed by atoms with Gasteiger partial charge >= 0.3 is 0 Å². The Morgan fingerprint density at radius 2 is 2.10 bits per heavy atom. The van der Waals surface area contributed by atoms with Crippen LogP contribution < -0.4 is 5.32 Å². The van der Waals surface area contributed by atoms with Gasteiger partial charge in [-0.2, -0.15) is 5.10 Å². The average Bonchev–Trinajstić information content (AvgIpc) is 2.57. The van der Waals surface area contributed by atoms with Gasteiger partial charge in [0.25, 0.3) is 11.8 Å². The number of amides is 2. The maximum absolute atomic E-state index is 12.5. The molecule has 1 N–H and O–H groups in total. The largest absolute Gasteiger partial charge is 0.349 e. The van der Waals surface area contributed by atoms with E-state index in [0.29, 0.717) is 24.2 Å². The summed E-state index contributed by atoms with van der Waals surface area (Å²) in [6, 6.07) is 7.41. The van der Waals surface area contributed by atoms with Gasteiger partial charge in [0.05, 0.1) is 0 Å². The molecule has 0 unspecified atom stereocenters. The molecule has 0 saturated heterocycles. The summed E-state index contributed by atoms with van der Waals surface area (Å²) in [6.07, 6.45) is 1.16. The van der Waals surface area contributed by atoms with Crippen molar-refractivity contribution in [1.82, 2.24) is 10.3 Å². The van der Waals surface area contributed by atoms with Gasteiger partial charge < -0.3 is 5.32 Å². The minimum Gasteiger partial charge on any atom is -0.349 e. The molecule has 2 rings (SSSR count). The van der Waals surface area contributed by atoms with Crippen LogP contribution in [0.25, 0.3) is 0 Å². The van der Waals surface area contributed by atoms with Crippen LogP contribution in [0.3, 0.4) is 0 Å². The van der Waals surface area contributed by atoms with E-state index in [-0.39, 0.29) is 17.9 Å². The summed E-state index contributed by atoms with van der Waals surface area (Å²) in [7, 11) is 0. The lowest BCUT2D eigenvalue weighted by molar-refractivity contribution is -0.115. The highest BCUT2D eigenvalue weighted by atomic mass is 16.2. The van der Waals surface area contributed by atoms with Crippen LogP contribution in [0.4, 0.5) is 0 Å². The Bertz CT molecular complexity index is 579. The predicted octanol–water partition coefficient (Wildman–Crippen LogP) is 1.98. The molecule has 0 atom stereocenters. The first-order chi connectivity index (χ1) is 10.0. The molecule has 5 nitrogen and oxygen atoms in total. The highest BCUT2D eigenvalue weighted by Gasteiger charge is 2.26. The molecule has 0 saturated carbocycles. The number of carbonyl (C=O) groups excluding carboxylic acids is 2. The molecule has 1 heterocycles. The van der Waals surface area contributed by atoms with Gasteiger partial charge in [0, 0.05) is 24.6 Å². The topological polar surface area (TPSA) is 61.8 Å². The molecule has 1 aromatic rings. The monoisotopic (exact) mass is 287 g/mol. The van der Waals surface area contributed by atoms with Crippen molar-refractivity contribution >= 4 is 17.5 Å². The van der Waals surface area contributed by atoms with Crippen molar-refractivity contribution in [2.45, 2.75) is 39.7 Å². The van der Waals surface area contributed by atoms with Crippen LogP contribution >= 0.6 is 0 Å². The SMILES string of the molecule is CCCN1N=C(C(=O)NC(C)C)Cc2ccccc2C1=O. The molecule has 2 amide bonds. The van der Waals surface area contributed by atoms with Crippen LogP contribution in [0.15, 0.2) is 29.4 Å². The summed E-state index contributed by atoms with van der Waals surface area (Å²) < 4.78 is 0. The summed E-state index contributed by atoms with van der Waals surface area (Å²) in [4.78, 5) is 24.8. The van der Waals surface area contributed by atoms with Crippen LogP contribution in [0.5, 0.6) is 0 Å². The Morgan fingerprint density at radius 1 is 1.38 bits per heavy atom. The zero-order valence-electron chi connectivity index (χ0n) is 12.7. The fourth-order valence-electron chi connectivity index (χ4n) is 2.26. The van der Waals surface area contributed by atoms with Crippen molar-refractivity contribution in [3.8, 4) is 0 Å². The molecular weight excluding hydrogens is 266 g/mol. The Labute approximate surface area is 125 Å². The number of carbonyl (C=O) groups is 2. The first kappa shape index (κ1) is 15.2. The Hall–Kier alpha value is -2.17. The molecule has 0 bridgehead atoms. The van der Waals surface area contributed by atoms with E-state index in [4.69, 9.17) is 0 Å². The second-order valence-electron chi connectivity index (χ2n) is 5.44. The summed E-state index contributed by atoms with van der Waals surface area (Å²) in [5, 5.41) is 8.55. The second-order valence-corrected chi connectivity index (χ2v) is 5.44. The fourth-order valence-corrected chi connectivity index (χ4v) is 2.26. The van der Waals surface area contributed by atoms with Crippen molar-refractivity contribution in [3.63, 3.8) is 0 Å². The zero-order chi connectivity index (χ0) is 15.4. The van der Waals surface area contributed by atoms with Crippen LogP contribution in [-0.4, -0.2) is 35.1 Å². The second kappa shape index (κ2) is 6.52. The van der Waals surface area contributed by atoms with E-state index in [1.165, 1.54) is 5.01 Å². The highest BCUT2D eigenvalue weighted by molar-refractivity contribution is 6.39. The molecule has 0 aromatic heterocycles. The number of nitrogens with one attached hydrogen (secondary N) is 1. The van der Waals surface area contributed by atoms with Gasteiger partial charge in [0.2, 0.25) is 0 Å².